The van der Waals surface area contributed by atoms with Gasteiger partial charge in [-0.25, -0.2) is 0 Å². The van der Waals surface area contributed by atoms with Crippen LogP contribution in [0, 0.1) is 0 Å². The molecular weight excluding hydrogens is 254 g/mol. The Labute approximate surface area is 115 Å². The van der Waals surface area contributed by atoms with Crippen LogP contribution in [0.1, 0.15) is 13.3 Å². The summed E-state index contributed by atoms with van der Waals surface area (Å²) in [7, 11) is -0.361. The number of rotatable bonds is 4. The molecule has 0 aliphatic rings. The van der Waals surface area contributed by atoms with E-state index in [9.17, 15) is 4.79 Å². The van der Waals surface area contributed by atoms with Gasteiger partial charge in [0.15, 0.2) is 0 Å². The van der Waals surface area contributed by atoms with E-state index in [1.807, 2.05) is 67.6 Å². The van der Waals surface area contributed by atoms with Crippen LogP contribution in [-0.4, -0.2) is 13.5 Å². The molecule has 2 nitrogen and oxygen atoms in total. The predicted molar refractivity (Wildman–Crippen MR) is 85.4 cm³/mol. The van der Waals surface area contributed by atoms with Crippen molar-refractivity contribution in [2.45, 2.75) is 13.3 Å². The van der Waals surface area contributed by atoms with Crippen LogP contribution in [0.5, 0.6) is 0 Å². The van der Waals surface area contributed by atoms with E-state index in [0.29, 0.717) is 6.42 Å². The first-order valence-electron chi connectivity index (χ1n) is 6.49. The SMILES string of the molecule is B[PH](OC(=O)CC)(c1ccccc1)c1ccccc1. The van der Waals surface area contributed by atoms with Crippen molar-refractivity contribution in [2.24, 2.45) is 0 Å². The van der Waals surface area contributed by atoms with Gasteiger partial charge in [0.2, 0.25) is 0 Å². The van der Waals surface area contributed by atoms with Crippen molar-refractivity contribution >= 4 is 31.5 Å². The molecule has 0 aliphatic heterocycles. The van der Waals surface area contributed by atoms with E-state index in [2.05, 4.69) is 7.57 Å². The van der Waals surface area contributed by atoms with Crippen molar-refractivity contribution in [3.05, 3.63) is 60.7 Å². The number of hydrogen-bond acceptors (Lipinski definition) is 2. The maximum atomic E-state index is 11.8. The molecular formula is C15H18BO2P. The molecule has 0 radical (unpaired) electrons. The van der Waals surface area contributed by atoms with E-state index in [-0.39, 0.29) is 5.97 Å². The van der Waals surface area contributed by atoms with Gasteiger partial charge in [-0.2, -0.15) is 0 Å². The molecule has 0 atom stereocenters. The normalized spacial score (nSPS) is 11.8. The molecule has 0 N–H and O–H groups in total. The van der Waals surface area contributed by atoms with Crippen molar-refractivity contribution in [3.8, 4) is 0 Å². The average molecular weight is 272 g/mol. The summed E-state index contributed by atoms with van der Waals surface area (Å²) >= 11 is 0. The van der Waals surface area contributed by atoms with Gasteiger partial charge in [-0.05, 0) is 0 Å². The first-order chi connectivity index (χ1) is 9.16. The Bertz CT molecular complexity index is 503. The molecule has 2 rings (SSSR count). The number of carbonyl (C=O) groups excluding carboxylic acids is 1. The van der Waals surface area contributed by atoms with E-state index in [1.165, 1.54) is 0 Å². The average Bonchev–Trinajstić information content (AvgIpc) is 2.48. The summed E-state index contributed by atoms with van der Waals surface area (Å²) in [6.45, 7) is 1.83. The summed E-state index contributed by atoms with van der Waals surface area (Å²) in [4.78, 5) is 11.8. The molecule has 0 aliphatic carbocycles. The molecule has 0 amide bonds. The van der Waals surface area contributed by atoms with Gasteiger partial charge in [0.25, 0.3) is 0 Å². The fraction of sp³-hybridized carbons (Fsp3) is 0.133. The summed E-state index contributed by atoms with van der Waals surface area (Å²) in [5.74, 6) is -0.137. The van der Waals surface area contributed by atoms with Crippen LogP contribution in [0.15, 0.2) is 60.7 Å². The van der Waals surface area contributed by atoms with Crippen LogP contribution in [0.2, 0.25) is 0 Å². The van der Waals surface area contributed by atoms with E-state index < -0.39 is 7.37 Å². The molecule has 0 unspecified atom stereocenters. The minimum atomic E-state index is -2.44. The van der Waals surface area contributed by atoms with Crippen molar-refractivity contribution < 1.29 is 9.32 Å². The molecule has 2 aromatic rings. The first-order valence-corrected chi connectivity index (χ1v) is 8.90. The van der Waals surface area contributed by atoms with E-state index in [1.54, 1.807) is 0 Å². The standard InChI is InChI=1S/C15H18BO2P/c1-2-15(17)18-19(16,13-9-5-3-6-10-13)14-11-7-4-8-12-14/h3-12,19H,2,16H2,1H3. The minimum absolute atomic E-state index is 0.137. The third-order valence-corrected chi connectivity index (χ3v) is 6.76. The summed E-state index contributed by atoms with van der Waals surface area (Å²) in [5.41, 5.74) is 0. The van der Waals surface area contributed by atoms with Gasteiger partial charge < -0.3 is 0 Å². The Morgan fingerprint density at radius 1 is 1.00 bits per heavy atom. The van der Waals surface area contributed by atoms with Crippen LogP contribution in [0.3, 0.4) is 0 Å². The Hall–Kier alpha value is -1.60. The van der Waals surface area contributed by atoms with Crippen molar-refractivity contribution in [1.82, 2.24) is 0 Å². The molecule has 98 valence electrons. The van der Waals surface area contributed by atoms with Crippen molar-refractivity contribution in [3.63, 3.8) is 0 Å². The summed E-state index contributed by atoms with van der Waals surface area (Å²) in [6.07, 6.45) is 0.405. The van der Waals surface area contributed by atoms with Gasteiger partial charge in [-0.1, -0.05) is 0 Å². The van der Waals surface area contributed by atoms with Gasteiger partial charge in [0, 0.05) is 0 Å². The van der Waals surface area contributed by atoms with Crippen LogP contribution >= 0.6 is 7.37 Å². The third-order valence-electron chi connectivity index (χ3n) is 3.26. The third kappa shape index (κ3) is 3.05. The van der Waals surface area contributed by atoms with Crippen LogP contribution in [0.25, 0.3) is 0 Å². The zero-order chi connectivity index (χ0) is 13.7. The molecule has 0 bridgehead atoms. The van der Waals surface area contributed by atoms with Crippen LogP contribution in [-0.2, 0) is 9.32 Å². The zero-order valence-corrected chi connectivity index (χ0v) is 12.3. The van der Waals surface area contributed by atoms with Crippen LogP contribution in [0.4, 0.5) is 0 Å². The molecule has 0 saturated carbocycles. The number of benzene rings is 2. The topological polar surface area (TPSA) is 26.3 Å². The molecule has 4 heteroatoms. The maximum absolute atomic E-state index is 11.8. The molecule has 0 heterocycles. The number of hydrogen-bond donors (Lipinski definition) is 0. The summed E-state index contributed by atoms with van der Waals surface area (Å²) in [6, 6.07) is 20.1. The van der Waals surface area contributed by atoms with Gasteiger partial charge >= 0.3 is 115 Å². The van der Waals surface area contributed by atoms with E-state index >= 15 is 0 Å². The molecule has 0 saturated heterocycles. The molecule has 0 fully saturated rings. The Balaban J connectivity index is 2.47. The van der Waals surface area contributed by atoms with E-state index in [4.69, 9.17) is 4.52 Å². The monoisotopic (exact) mass is 272 g/mol. The fourth-order valence-corrected chi connectivity index (χ4v) is 4.92. The Kier molecular flexibility index (Phi) is 4.39. The molecule has 19 heavy (non-hydrogen) atoms. The molecule has 2 aromatic carbocycles. The van der Waals surface area contributed by atoms with Crippen molar-refractivity contribution in [2.75, 3.05) is 0 Å². The number of carbonyl (C=O) groups is 1. The van der Waals surface area contributed by atoms with Gasteiger partial charge in [-0.15, -0.1) is 0 Å². The second-order valence-corrected chi connectivity index (χ2v) is 8.02. The predicted octanol–water partition coefficient (Wildman–Crippen LogP) is 1.80. The van der Waals surface area contributed by atoms with Gasteiger partial charge in [0.1, 0.15) is 0 Å². The van der Waals surface area contributed by atoms with E-state index in [0.717, 1.165) is 10.6 Å². The molecule has 0 aromatic heterocycles. The second-order valence-electron chi connectivity index (χ2n) is 4.59. The quantitative estimate of drug-likeness (QED) is 0.626. The van der Waals surface area contributed by atoms with Gasteiger partial charge in [0.05, 0.1) is 0 Å². The summed E-state index contributed by atoms with van der Waals surface area (Å²) < 4.78 is 5.86. The second kappa shape index (κ2) is 6.03. The zero-order valence-electron chi connectivity index (χ0n) is 11.3. The summed E-state index contributed by atoms with van der Waals surface area (Å²) in [5, 5.41) is 2.23. The molecule has 0 spiro atoms. The van der Waals surface area contributed by atoms with Crippen LogP contribution < -0.4 is 10.6 Å². The first kappa shape index (κ1) is 13.8. The Morgan fingerprint density at radius 3 is 1.79 bits per heavy atom. The van der Waals surface area contributed by atoms with Gasteiger partial charge in [-0.3, -0.25) is 0 Å². The van der Waals surface area contributed by atoms with Crippen molar-refractivity contribution in [1.29, 1.82) is 0 Å². The fourth-order valence-electron chi connectivity index (χ4n) is 2.10. The Morgan fingerprint density at radius 2 is 1.42 bits per heavy atom.